The summed E-state index contributed by atoms with van der Waals surface area (Å²) in [6.45, 7) is 7.74. The van der Waals surface area contributed by atoms with Crippen LogP contribution in [0.5, 0.6) is 0 Å². The monoisotopic (exact) mass is 182 g/mol. The van der Waals surface area contributed by atoms with Gasteiger partial charge in [0, 0.05) is 5.41 Å². The Labute approximate surface area is 77.7 Å². The molecule has 0 fully saturated rings. The maximum atomic E-state index is 10.4. The Morgan fingerprint density at radius 1 is 1.46 bits per heavy atom. The number of rotatable bonds is 1. The molecule has 1 N–H and O–H groups in total. The Kier molecular flexibility index (Phi) is 2.20. The Morgan fingerprint density at radius 2 is 2.00 bits per heavy atom. The van der Waals surface area contributed by atoms with Gasteiger partial charge in [0.05, 0.1) is 0 Å². The van der Waals surface area contributed by atoms with Crippen molar-refractivity contribution in [3.8, 4) is 0 Å². The summed E-state index contributed by atoms with van der Waals surface area (Å²) < 4.78 is 4.75. The van der Waals surface area contributed by atoms with Gasteiger partial charge in [-0.1, -0.05) is 11.6 Å². The number of carboxylic acid groups (broad SMARTS) is 1. The third-order valence-corrected chi connectivity index (χ3v) is 2.53. The van der Waals surface area contributed by atoms with Crippen molar-refractivity contribution in [3.05, 3.63) is 23.0 Å². The maximum Gasteiger partial charge on any atom is 0.511 e. The highest BCUT2D eigenvalue weighted by Gasteiger charge is 2.34. The number of allylic oxidation sites excluding steroid dienone is 3. The molecule has 1 aliphatic rings. The minimum Gasteiger partial charge on any atom is -0.449 e. The van der Waals surface area contributed by atoms with Crippen molar-refractivity contribution < 1.29 is 14.6 Å². The van der Waals surface area contributed by atoms with Crippen LogP contribution in [-0.2, 0) is 4.74 Å². The molecule has 0 spiro atoms. The van der Waals surface area contributed by atoms with Gasteiger partial charge in [-0.15, -0.1) is 0 Å². The SMILES string of the molecule is CC1=CC(C)=C(OC(=O)O)C1(C)C. The summed E-state index contributed by atoms with van der Waals surface area (Å²) in [5.41, 5.74) is 1.73. The van der Waals surface area contributed by atoms with Gasteiger partial charge in [-0.25, -0.2) is 4.79 Å². The van der Waals surface area contributed by atoms with Gasteiger partial charge in [0.1, 0.15) is 5.76 Å². The lowest BCUT2D eigenvalue weighted by Crippen LogP contribution is -2.18. The minimum absolute atomic E-state index is 0.289. The van der Waals surface area contributed by atoms with E-state index in [1.54, 1.807) is 0 Å². The van der Waals surface area contributed by atoms with Crippen LogP contribution >= 0.6 is 0 Å². The fraction of sp³-hybridized carbons (Fsp3) is 0.500. The molecular formula is C10H14O3. The minimum atomic E-state index is -1.24. The van der Waals surface area contributed by atoms with Gasteiger partial charge in [-0.3, -0.25) is 0 Å². The van der Waals surface area contributed by atoms with E-state index < -0.39 is 6.16 Å². The van der Waals surface area contributed by atoms with Gasteiger partial charge >= 0.3 is 6.16 Å². The molecule has 0 bridgehead atoms. The standard InChI is InChI=1S/C10H14O3/c1-6-5-7(2)10(3,4)8(6)13-9(11)12/h5H,1-4H3,(H,11,12). The van der Waals surface area contributed by atoms with Crippen LogP contribution in [0.25, 0.3) is 0 Å². The van der Waals surface area contributed by atoms with Crippen molar-refractivity contribution >= 4 is 6.16 Å². The first kappa shape index (κ1) is 9.84. The second kappa shape index (κ2) is 2.91. The van der Waals surface area contributed by atoms with Crippen LogP contribution in [-0.4, -0.2) is 11.3 Å². The lowest BCUT2D eigenvalue weighted by atomic mass is 9.86. The largest absolute Gasteiger partial charge is 0.511 e. The van der Waals surface area contributed by atoms with Crippen molar-refractivity contribution in [3.63, 3.8) is 0 Å². The highest BCUT2D eigenvalue weighted by Crippen LogP contribution is 2.42. The van der Waals surface area contributed by atoms with Crippen LogP contribution in [0, 0.1) is 5.41 Å². The molecule has 0 saturated heterocycles. The van der Waals surface area contributed by atoms with E-state index in [1.165, 1.54) is 0 Å². The second-order valence-corrected chi connectivity index (χ2v) is 3.83. The van der Waals surface area contributed by atoms with Gasteiger partial charge in [-0.05, 0) is 33.3 Å². The van der Waals surface area contributed by atoms with Crippen LogP contribution < -0.4 is 0 Å². The highest BCUT2D eigenvalue weighted by atomic mass is 16.7. The predicted octanol–water partition coefficient (Wildman–Crippen LogP) is 2.94. The third-order valence-electron chi connectivity index (χ3n) is 2.53. The molecule has 1 rings (SSSR count). The fourth-order valence-electron chi connectivity index (χ4n) is 1.54. The van der Waals surface area contributed by atoms with Crippen LogP contribution in [0.15, 0.2) is 23.0 Å². The number of carbonyl (C=O) groups is 1. The molecule has 0 atom stereocenters. The Morgan fingerprint density at radius 3 is 2.31 bits per heavy atom. The first-order valence-electron chi connectivity index (χ1n) is 4.16. The fourth-order valence-corrected chi connectivity index (χ4v) is 1.54. The maximum absolute atomic E-state index is 10.4. The Hall–Kier alpha value is -1.25. The predicted molar refractivity (Wildman–Crippen MR) is 49.3 cm³/mol. The summed E-state index contributed by atoms with van der Waals surface area (Å²) >= 11 is 0. The first-order valence-corrected chi connectivity index (χ1v) is 4.16. The summed E-state index contributed by atoms with van der Waals surface area (Å²) in [5.74, 6) is 0.539. The number of ether oxygens (including phenoxy) is 1. The second-order valence-electron chi connectivity index (χ2n) is 3.83. The molecule has 72 valence electrons. The molecule has 0 unspecified atom stereocenters. The summed E-state index contributed by atoms with van der Waals surface area (Å²) in [7, 11) is 0. The van der Waals surface area contributed by atoms with Crippen molar-refractivity contribution in [2.75, 3.05) is 0 Å². The lowest BCUT2D eigenvalue weighted by molar-refractivity contribution is 0.104. The molecule has 0 radical (unpaired) electrons. The zero-order chi connectivity index (χ0) is 10.2. The number of hydrogen-bond donors (Lipinski definition) is 1. The topological polar surface area (TPSA) is 46.5 Å². The molecule has 0 amide bonds. The van der Waals surface area contributed by atoms with Crippen molar-refractivity contribution in [2.24, 2.45) is 5.41 Å². The van der Waals surface area contributed by atoms with Crippen LogP contribution in [0.2, 0.25) is 0 Å². The van der Waals surface area contributed by atoms with Gasteiger partial charge in [-0.2, -0.15) is 0 Å². The van der Waals surface area contributed by atoms with Gasteiger partial charge < -0.3 is 9.84 Å². The van der Waals surface area contributed by atoms with Gasteiger partial charge in [0.15, 0.2) is 0 Å². The van der Waals surface area contributed by atoms with Gasteiger partial charge in [0.25, 0.3) is 0 Å². The van der Waals surface area contributed by atoms with Gasteiger partial charge in [0.2, 0.25) is 0 Å². The van der Waals surface area contributed by atoms with E-state index in [0.717, 1.165) is 11.1 Å². The van der Waals surface area contributed by atoms with Crippen LogP contribution in [0.4, 0.5) is 4.79 Å². The summed E-state index contributed by atoms with van der Waals surface area (Å²) in [4.78, 5) is 10.4. The normalized spacial score (nSPS) is 20.2. The highest BCUT2D eigenvalue weighted by molar-refractivity contribution is 5.60. The zero-order valence-electron chi connectivity index (χ0n) is 8.34. The van der Waals surface area contributed by atoms with E-state index in [-0.39, 0.29) is 5.41 Å². The number of hydrogen-bond acceptors (Lipinski definition) is 2. The molecule has 13 heavy (non-hydrogen) atoms. The average molecular weight is 182 g/mol. The molecule has 0 aliphatic heterocycles. The summed E-state index contributed by atoms with van der Waals surface area (Å²) in [6, 6.07) is 0. The molecule has 0 aromatic carbocycles. The first-order chi connectivity index (χ1) is 5.85. The van der Waals surface area contributed by atoms with E-state index in [1.807, 2.05) is 33.8 Å². The summed E-state index contributed by atoms with van der Waals surface area (Å²) in [6.07, 6.45) is 0.712. The van der Waals surface area contributed by atoms with E-state index in [0.29, 0.717) is 5.76 Å². The third kappa shape index (κ3) is 1.59. The van der Waals surface area contributed by atoms with Crippen molar-refractivity contribution in [1.82, 2.24) is 0 Å². The average Bonchev–Trinajstić information content (AvgIpc) is 2.13. The van der Waals surface area contributed by atoms with E-state index in [2.05, 4.69) is 0 Å². The van der Waals surface area contributed by atoms with E-state index >= 15 is 0 Å². The molecule has 1 aliphatic carbocycles. The molecule has 0 aromatic heterocycles. The van der Waals surface area contributed by atoms with E-state index in [4.69, 9.17) is 9.84 Å². The molecule has 0 heterocycles. The smallest absolute Gasteiger partial charge is 0.449 e. The Balaban J connectivity index is 2.99. The van der Waals surface area contributed by atoms with Crippen molar-refractivity contribution in [1.29, 1.82) is 0 Å². The molecule has 0 saturated carbocycles. The lowest BCUT2D eigenvalue weighted by Gasteiger charge is -2.23. The zero-order valence-corrected chi connectivity index (χ0v) is 8.34. The molecule has 3 heteroatoms. The molecule has 3 nitrogen and oxygen atoms in total. The quantitative estimate of drug-likeness (QED) is 0.634. The summed E-state index contributed by atoms with van der Waals surface area (Å²) in [5, 5.41) is 8.53. The molecule has 0 aromatic rings. The van der Waals surface area contributed by atoms with Crippen LogP contribution in [0.3, 0.4) is 0 Å². The van der Waals surface area contributed by atoms with Crippen LogP contribution in [0.1, 0.15) is 27.7 Å². The van der Waals surface area contributed by atoms with E-state index in [9.17, 15) is 4.79 Å². The molecular weight excluding hydrogens is 168 g/mol. The van der Waals surface area contributed by atoms with Crippen molar-refractivity contribution in [2.45, 2.75) is 27.7 Å². The Bertz CT molecular complexity index is 308.